The molecule has 3 N–H and O–H groups in total. The molecule has 3 rings (SSSR count). The lowest BCUT2D eigenvalue weighted by molar-refractivity contribution is -0.138. The molecular weight excluding hydrogens is 346 g/mol. The molecule has 1 amide bonds. The van der Waals surface area contributed by atoms with Gasteiger partial charge in [0.05, 0.1) is 7.11 Å². The first-order valence-corrected chi connectivity index (χ1v) is 8.34. The Bertz CT molecular complexity index is 920. The molecule has 0 fully saturated rings. The van der Waals surface area contributed by atoms with Crippen LogP contribution in [0.15, 0.2) is 60.8 Å². The summed E-state index contributed by atoms with van der Waals surface area (Å²) >= 11 is 0. The minimum Gasteiger partial charge on any atom is -0.481 e. The van der Waals surface area contributed by atoms with E-state index in [1.54, 1.807) is 30.5 Å². The van der Waals surface area contributed by atoms with E-state index in [1.165, 1.54) is 7.11 Å². The van der Waals surface area contributed by atoms with Gasteiger partial charge in [-0.3, -0.25) is 10.1 Å². The molecule has 0 aliphatic rings. The van der Waals surface area contributed by atoms with Crippen molar-refractivity contribution in [3.63, 3.8) is 0 Å². The molecule has 27 heavy (non-hydrogen) atoms. The summed E-state index contributed by atoms with van der Waals surface area (Å²) in [4.78, 5) is 30.4. The Labute approximate surface area is 156 Å². The monoisotopic (exact) mass is 365 g/mol. The number of aromatic nitrogens is 2. The average molecular weight is 365 g/mol. The van der Waals surface area contributed by atoms with Crippen molar-refractivity contribution in [2.45, 2.75) is 12.3 Å². The maximum atomic E-state index is 11.7. The predicted octanol–water partition coefficient (Wildman–Crippen LogP) is 3.67. The number of carbonyl (C=O) groups excluding carboxylic acids is 1. The van der Waals surface area contributed by atoms with Crippen LogP contribution in [0.1, 0.15) is 17.2 Å². The largest absolute Gasteiger partial charge is 0.481 e. The van der Waals surface area contributed by atoms with Gasteiger partial charge in [0.25, 0.3) is 0 Å². The molecule has 1 aromatic heterocycles. The topological polar surface area (TPSA) is 104 Å². The Morgan fingerprint density at radius 2 is 1.85 bits per heavy atom. The van der Waals surface area contributed by atoms with Crippen molar-refractivity contribution in [2.24, 2.45) is 0 Å². The molecule has 1 unspecified atom stereocenters. The molecular formula is C20H19N3O4. The standard InChI is InChI=1S/C20H19N3O4/c1-27-20(26)22-15-9-7-14(8-10-15)18-21-12-17(23-18)16(19(24)25)11-13-5-3-2-4-6-13/h2-10,12,16H,11H2,1H3,(H,21,23)(H,22,26)(H,24,25). The number of hydrogen-bond acceptors (Lipinski definition) is 4. The molecule has 2 aromatic carbocycles. The van der Waals surface area contributed by atoms with Crippen molar-refractivity contribution < 1.29 is 19.4 Å². The van der Waals surface area contributed by atoms with Crippen molar-refractivity contribution in [1.29, 1.82) is 0 Å². The second-order valence-electron chi connectivity index (χ2n) is 5.96. The molecule has 0 aliphatic carbocycles. The van der Waals surface area contributed by atoms with Gasteiger partial charge in [-0.05, 0) is 36.2 Å². The number of aromatic amines is 1. The Balaban J connectivity index is 1.78. The van der Waals surface area contributed by atoms with E-state index >= 15 is 0 Å². The van der Waals surface area contributed by atoms with Gasteiger partial charge in [0.15, 0.2) is 0 Å². The van der Waals surface area contributed by atoms with Crippen molar-refractivity contribution in [1.82, 2.24) is 9.97 Å². The molecule has 0 saturated carbocycles. The van der Waals surface area contributed by atoms with Crippen molar-refractivity contribution >= 4 is 17.7 Å². The summed E-state index contributed by atoms with van der Waals surface area (Å²) in [6.45, 7) is 0. The number of carbonyl (C=O) groups is 2. The van der Waals surface area contributed by atoms with Gasteiger partial charge in [-0.2, -0.15) is 0 Å². The van der Waals surface area contributed by atoms with Gasteiger partial charge in [-0.15, -0.1) is 0 Å². The maximum Gasteiger partial charge on any atom is 0.411 e. The predicted molar refractivity (Wildman–Crippen MR) is 101 cm³/mol. The first-order chi connectivity index (χ1) is 13.1. The number of aliphatic carboxylic acids is 1. The number of nitrogens with zero attached hydrogens (tertiary/aromatic N) is 1. The first-order valence-electron chi connectivity index (χ1n) is 8.34. The van der Waals surface area contributed by atoms with Crippen LogP contribution in [0, 0.1) is 0 Å². The van der Waals surface area contributed by atoms with Gasteiger partial charge in [0.1, 0.15) is 11.7 Å². The Morgan fingerprint density at radius 3 is 2.48 bits per heavy atom. The van der Waals surface area contributed by atoms with E-state index in [-0.39, 0.29) is 0 Å². The fraction of sp³-hybridized carbons (Fsp3) is 0.150. The zero-order valence-electron chi connectivity index (χ0n) is 14.7. The van der Waals surface area contributed by atoms with Crippen LogP contribution in [0.25, 0.3) is 11.4 Å². The number of rotatable bonds is 6. The number of H-pyrrole nitrogens is 1. The number of carboxylic acids is 1. The summed E-state index contributed by atoms with van der Waals surface area (Å²) in [5, 5.41) is 12.2. The van der Waals surface area contributed by atoms with E-state index in [1.807, 2.05) is 30.3 Å². The summed E-state index contributed by atoms with van der Waals surface area (Å²) in [6.07, 6.45) is 1.38. The number of nitrogens with one attached hydrogen (secondary N) is 2. The third kappa shape index (κ3) is 4.52. The van der Waals surface area contributed by atoms with E-state index in [2.05, 4.69) is 20.0 Å². The molecule has 1 atom stereocenters. The molecule has 0 radical (unpaired) electrons. The molecule has 138 valence electrons. The number of benzene rings is 2. The molecule has 7 nitrogen and oxygen atoms in total. The van der Waals surface area contributed by atoms with E-state index < -0.39 is 18.0 Å². The molecule has 3 aromatic rings. The van der Waals surface area contributed by atoms with Crippen LogP contribution in [0.2, 0.25) is 0 Å². The number of carboxylic acid groups (broad SMARTS) is 1. The van der Waals surface area contributed by atoms with E-state index in [0.29, 0.717) is 23.6 Å². The molecule has 0 aliphatic heterocycles. The Kier molecular flexibility index (Phi) is 5.51. The van der Waals surface area contributed by atoms with Gasteiger partial charge >= 0.3 is 12.1 Å². The highest BCUT2D eigenvalue weighted by atomic mass is 16.5. The van der Waals surface area contributed by atoms with Gasteiger partial charge in [-0.1, -0.05) is 30.3 Å². The average Bonchev–Trinajstić information content (AvgIpc) is 3.17. The van der Waals surface area contributed by atoms with Crippen LogP contribution < -0.4 is 5.32 Å². The lowest BCUT2D eigenvalue weighted by atomic mass is 9.97. The highest BCUT2D eigenvalue weighted by Crippen LogP contribution is 2.24. The smallest absolute Gasteiger partial charge is 0.411 e. The van der Waals surface area contributed by atoms with Gasteiger partial charge in [-0.25, -0.2) is 9.78 Å². The van der Waals surface area contributed by atoms with E-state index in [9.17, 15) is 14.7 Å². The fourth-order valence-electron chi connectivity index (χ4n) is 2.72. The SMILES string of the molecule is COC(=O)Nc1ccc(-c2ncc(C(Cc3ccccc3)C(=O)O)[nH]2)cc1. The summed E-state index contributed by atoms with van der Waals surface area (Å²) < 4.78 is 4.55. The summed E-state index contributed by atoms with van der Waals surface area (Å²) in [5.74, 6) is -1.06. The van der Waals surface area contributed by atoms with Crippen LogP contribution in [-0.4, -0.2) is 34.2 Å². The van der Waals surface area contributed by atoms with Crippen LogP contribution >= 0.6 is 0 Å². The number of amides is 1. The summed E-state index contributed by atoms with van der Waals surface area (Å²) in [6, 6.07) is 16.5. The Morgan fingerprint density at radius 1 is 1.15 bits per heavy atom. The highest BCUT2D eigenvalue weighted by molar-refractivity contribution is 5.84. The molecule has 7 heteroatoms. The molecule has 0 bridgehead atoms. The lowest BCUT2D eigenvalue weighted by Crippen LogP contribution is -2.14. The molecule has 1 heterocycles. The van der Waals surface area contributed by atoms with Crippen molar-refractivity contribution in [3.05, 3.63) is 72.1 Å². The number of methoxy groups -OCH3 is 1. The third-order valence-corrected chi connectivity index (χ3v) is 4.14. The second kappa shape index (κ2) is 8.18. The molecule has 0 spiro atoms. The minimum atomic E-state index is -0.910. The maximum absolute atomic E-state index is 11.7. The fourth-order valence-corrected chi connectivity index (χ4v) is 2.72. The van der Waals surface area contributed by atoms with Crippen LogP contribution in [0.3, 0.4) is 0 Å². The summed E-state index contributed by atoms with van der Waals surface area (Å²) in [5.41, 5.74) is 2.85. The summed E-state index contributed by atoms with van der Waals surface area (Å²) in [7, 11) is 1.29. The van der Waals surface area contributed by atoms with Gasteiger partial charge in [0, 0.05) is 23.1 Å². The van der Waals surface area contributed by atoms with Crippen molar-refractivity contribution in [3.8, 4) is 11.4 Å². The second-order valence-corrected chi connectivity index (χ2v) is 5.96. The number of imidazole rings is 1. The zero-order valence-corrected chi connectivity index (χ0v) is 14.7. The van der Waals surface area contributed by atoms with Crippen molar-refractivity contribution in [2.75, 3.05) is 12.4 Å². The van der Waals surface area contributed by atoms with Crippen LogP contribution in [0.5, 0.6) is 0 Å². The van der Waals surface area contributed by atoms with Gasteiger partial charge in [0.2, 0.25) is 0 Å². The lowest BCUT2D eigenvalue weighted by Gasteiger charge is -2.10. The first kappa shape index (κ1) is 18.2. The quantitative estimate of drug-likeness (QED) is 0.618. The van der Waals surface area contributed by atoms with E-state index in [0.717, 1.165) is 11.1 Å². The van der Waals surface area contributed by atoms with Gasteiger partial charge < -0.3 is 14.8 Å². The van der Waals surface area contributed by atoms with Crippen LogP contribution in [-0.2, 0) is 16.0 Å². The highest BCUT2D eigenvalue weighted by Gasteiger charge is 2.22. The number of hydrogen-bond donors (Lipinski definition) is 3. The molecule has 0 saturated heterocycles. The minimum absolute atomic E-state index is 0.375. The number of ether oxygens (including phenoxy) is 1. The number of anilines is 1. The van der Waals surface area contributed by atoms with E-state index in [4.69, 9.17) is 0 Å². The third-order valence-electron chi connectivity index (χ3n) is 4.14. The Hall–Kier alpha value is -3.61. The van der Waals surface area contributed by atoms with Crippen LogP contribution in [0.4, 0.5) is 10.5 Å². The normalized spacial score (nSPS) is 11.6. The zero-order chi connectivity index (χ0) is 19.2.